The fraction of sp³-hybridized carbons (Fsp3) is 1.00. The van der Waals surface area contributed by atoms with Crippen molar-refractivity contribution in [3.05, 3.63) is 0 Å². The van der Waals surface area contributed by atoms with Gasteiger partial charge in [0, 0.05) is 12.6 Å². The molecule has 0 saturated carbocycles. The third kappa shape index (κ3) is 4.10. The van der Waals surface area contributed by atoms with Crippen molar-refractivity contribution >= 4 is 0 Å². The molecule has 0 spiro atoms. The Balaban J connectivity index is 2.25. The van der Waals surface area contributed by atoms with E-state index in [0.29, 0.717) is 6.04 Å². The van der Waals surface area contributed by atoms with Crippen LogP contribution in [-0.4, -0.2) is 37.6 Å². The summed E-state index contributed by atoms with van der Waals surface area (Å²) in [5, 5.41) is 3.46. The molecule has 0 bridgehead atoms. The summed E-state index contributed by atoms with van der Waals surface area (Å²) in [4.78, 5) is 2.47. The molecule has 1 saturated heterocycles. The van der Waals surface area contributed by atoms with Gasteiger partial charge in [-0.1, -0.05) is 0 Å². The van der Waals surface area contributed by atoms with Crippen LogP contribution in [0.25, 0.3) is 0 Å². The first-order valence-corrected chi connectivity index (χ1v) is 5.61. The number of hydrogen-bond acceptors (Lipinski definition) is 2. The molecule has 1 fully saturated rings. The van der Waals surface area contributed by atoms with Crippen molar-refractivity contribution in [1.29, 1.82) is 0 Å². The maximum absolute atomic E-state index is 3.46. The second kappa shape index (κ2) is 5.61. The molecule has 2 nitrogen and oxygen atoms in total. The van der Waals surface area contributed by atoms with Gasteiger partial charge >= 0.3 is 0 Å². The fourth-order valence-electron chi connectivity index (χ4n) is 1.89. The Labute approximate surface area is 82.7 Å². The highest BCUT2D eigenvalue weighted by molar-refractivity contribution is 4.70. The first-order valence-electron chi connectivity index (χ1n) is 5.61. The molecule has 0 aromatic carbocycles. The van der Waals surface area contributed by atoms with Crippen molar-refractivity contribution in [2.24, 2.45) is 5.92 Å². The SMILES string of the molecule is CC(C)N(C)CC1CCCNCC1. The van der Waals surface area contributed by atoms with Crippen molar-refractivity contribution in [3.8, 4) is 0 Å². The highest BCUT2D eigenvalue weighted by Gasteiger charge is 2.14. The summed E-state index contributed by atoms with van der Waals surface area (Å²) in [6, 6.07) is 0.691. The second-order valence-electron chi connectivity index (χ2n) is 4.58. The molecule has 1 rings (SSSR count). The molecular weight excluding hydrogens is 160 g/mol. The van der Waals surface area contributed by atoms with Crippen molar-refractivity contribution < 1.29 is 0 Å². The normalized spacial score (nSPS) is 25.2. The zero-order valence-corrected chi connectivity index (χ0v) is 9.34. The summed E-state index contributed by atoms with van der Waals surface area (Å²) in [6.45, 7) is 8.27. The zero-order chi connectivity index (χ0) is 9.68. The summed E-state index contributed by atoms with van der Waals surface area (Å²) >= 11 is 0. The smallest absolute Gasteiger partial charge is 0.00356 e. The summed E-state index contributed by atoms with van der Waals surface area (Å²) < 4.78 is 0. The first-order chi connectivity index (χ1) is 6.20. The monoisotopic (exact) mass is 184 g/mol. The van der Waals surface area contributed by atoms with E-state index in [1.165, 1.54) is 38.9 Å². The van der Waals surface area contributed by atoms with E-state index in [9.17, 15) is 0 Å². The van der Waals surface area contributed by atoms with Gasteiger partial charge in [-0.05, 0) is 59.2 Å². The standard InChI is InChI=1S/C11H24N2/c1-10(2)13(3)9-11-5-4-7-12-8-6-11/h10-12H,4-9H2,1-3H3. The fourth-order valence-corrected chi connectivity index (χ4v) is 1.89. The highest BCUT2D eigenvalue weighted by Crippen LogP contribution is 2.15. The van der Waals surface area contributed by atoms with Crippen LogP contribution in [0.3, 0.4) is 0 Å². The molecule has 0 radical (unpaired) electrons. The van der Waals surface area contributed by atoms with Gasteiger partial charge in [-0.2, -0.15) is 0 Å². The molecule has 13 heavy (non-hydrogen) atoms. The van der Waals surface area contributed by atoms with Crippen LogP contribution in [0.4, 0.5) is 0 Å². The van der Waals surface area contributed by atoms with Gasteiger partial charge in [-0.15, -0.1) is 0 Å². The predicted octanol–water partition coefficient (Wildman–Crippen LogP) is 1.72. The number of nitrogens with one attached hydrogen (secondary N) is 1. The Morgan fingerprint density at radius 1 is 1.31 bits per heavy atom. The van der Waals surface area contributed by atoms with Gasteiger partial charge in [0.15, 0.2) is 0 Å². The third-order valence-corrected chi connectivity index (χ3v) is 3.12. The molecule has 0 aliphatic carbocycles. The van der Waals surface area contributed by atoms with E-state index in [-0.39, 0.29) is 0 Å². The van der Waals surface area contributed by atoms with Crippen molar-refractivity contribution in [2.45, 2.75) is 39.2 Å². The largest absolute Gasteiger partial charge is 0.317 e. The lowest BCUT2D eigenvalue weighted by molar-refractivity contribution is 0.220. The summed E-state index contributed by atoms with van der Waals surface area (Å²) in [5.74, 6) is 0.919. The molecule has 1 atom stereocenters. The Bertz CT molecular complexity index is 126. The summed E-state index contributed by atoms with van der Waals surface area (Å²) in [5.41, 5.74) is 0. The Hall–Kier alpha value is -0.0800. The molecule has 1 aliphatic rings. The number of hydrogen-bond donors (Lipinski definition) is 1. The van der Waals surface area contributed by atoms with Crippen LogP contribution < -0.4 is 5.32 Å². The maximum Gasteiger partial charge on any atom is 0.00356 e. The molecule has 0 amide bonds. The van der Waals surface area contributed by atoms with E-state index < -0.39 is 0 Å². The Morgan fingerprint density at radius 2 is 2.08 bits per heavy atom. The van der Waals surface area contributed by atoms with Gasteiger partial charge in [0.1, 0.15) is 0 Å². The number of rotatable bonds is 3. The Kier molecular flexibility index (Phi) is 4.74. The van der Waals surface area contributed by atoms with Crippen LogP contribution >= 0.6 is 0 Å². The molecule has 2 heteroatoms. The average molecular weight is 184 g/mol. The van der Waals surface area contributed by atoms with Crippen LogP contribution in [0, 0.1) is 5.92 Å². The van der Waals surface area contributed by atoms with Gasteiger partial charge < -0.3 is 10.2 Å². The van der Waals surface area contributed by atoms with Crippen LogP contribution in [0.2, 0.25) is 0 Å². The minimum absolute atomic E-state index is 0.691. The first kappa shape index (κ1) is 11.0. The number of nitrogens with zero attached hydrogens (tertiary/aromatic N) is 1. The molecule has 78 valence electrons. The van der Waals surface area contributed by atoms with Crippen molar-refractivity contribution in [1.82, 2.24) is 10.2 Å². The molecular formula is C11H24N2. The van der Waals surface area contributed by atoms with Gasteiger partial charge in [-0.25, -0.2) is 0 Å². The van der Waals surface area contributed by atoms with Gasteiger partial charge in [0.2, 0.25) is 0 Å². The highest BCUT2D eigenvalue weighted by atomic mass is 15.1. The van der Waals surface area contributed by atoms with E-state index in [4.69, 9.17) is 0 Å². The molecule has 1 N–H and O–H groups in total. The minimum atomic E-state index is 0.691. The topological polar surface area (TPSA) is 15.3 Å². The third-order valence-electron chi connectivity index (χ3n) is 3.12. The maximum atomic E-state index is 3.46. The Morgan fingerprint density at radius 3 is 2.77 bits per heavy atom. The van der Waals surface area contributed by atoms with Crippen molar-refractivity contribution in [2.75, 3.05) is 26.7 Å². The van der Waals surface area contributed by atoms with E-state index in [1.54, 1.807) is 0 Å². The summed E-state index contributed by atoms with van der Waals surface area (Å²) in [6.07, 6.45) is 4.12. The minimum Gasteiger partial charge on any atom is -0.317 e. The van der Waals surface area contributed by atoms with E-state index in [2.05, 4.69) is 31.1 Å². The quantitative estimate of drug-likeness (QED) is 0.718. The lowest BCUT2D eigenvalue weighted by Gasteiger charge is -2.26. The van der Waals surface area contributed by atoms with E-state index in [1.807, 2.05) is 0 Å². The molecule has 1 heterocycles. The molecule has 0 aromatic heterocycles. The molecule has 1 aliphatic heterocycles. The molecule has 1 unspecified atom stereocenters. The van der Waals surface area contributed by atoms with Gasteiger partial charge in [-0.3, -0.25) is 0 Å². The lowest BCUT2D eigenvalue weighted by atomic mass is 10.00. The van der Waals surface area contributed by atoms with Gasteiger partial charge in [0.05, 0.1) is 0 Å². The summed E-state index contributed by atoms with van der Waals surface area (Å²) in [7, 11) is 2.24. The van der Waals surface area contributed by atoms with Crippen molar-refractivity contribution in [3.63, 3.8) is 0 Å². The zero-order valence-electron chi connectivity index (χ0n) is 9.34. The van der Waals surface area contributed by atoms with Crippen LogP contribution in [0.1, 0.15) is 33.1 Å². The van der Waals surface area contributed by atoms with Crippen LogP contribution in [0.5, 0.6) is 0 Å². The second-order valence-corrected chi connectivity index (χ2v) is 4.58. The van der Waals surface area contributed by atoms with E-state index in [0.717, 1.165) is 5.92 Å². The molecule has 0 aromatic rings. The lowest BCUT2D eigenvalue weighted by Crippen LogP contribution is -2.32. The average Bonchev–Trinajstić information content (AvgIpc) is 2.32. The van der Waals surface area contributed by atoms with Gasteiger partial charge in [0.25, 0.3) is 0 Å². The predicted molar refractivity (Wildman–Crippen MR) is 58.0 cm³/mol. The van der Waals surface area contributed by atoms with E-state index >= 15 is 0 Å². The van der Waals surface area contributed by atoms with Crippen LogP contribution in [-0.2, 0) is 0 Å². The van der Waals surface area contributed by atoms with Crippen LogP contribution in [0.15, 0.2) is 0 Å².